The Morgan fingerprint density at radius 3 is 2.11 bits per heavy atom. The number of rotatable bonds is 2. The van der Waals surface area contributed by atoms with Gasteiger partial charge in [-0.2, -0.15) is 0 Å². The molecule has 6 nitrogen and oxygen atoms in total. The van der Waals surface area contributed by atoms with E-state index in [1.165, 1.54) is 0 Å². The lowest BCUT2D eigenvalue weighted by molar-refractivity contribution is -0.118. The molecule has 0 saturated heterocycles. The number of nitrogens with two attached hydrogens (primary N) is 2. The third-order valence-electron chi connectivity index (χ3n) is 0.493. The van der Waals surface area contributed by atoms with Gasteiger partial charge in [-0.25, -0.2) is 19.4 Å². The Morgan fingerprint density at radius 2 is 2.00 bits per heavy atom. The third kappa shape index (κ3) is 5.21. The van der Waals surface area contributed by atoms with Crippen LogP contribution < -0.4 is 16.4 Å². The minimum absolute atomic E-state index is 0.774. The van der Waals surface area contributed by atoms with Crippen LogP contribution in [0.1, 0.15) is 0 Å². The Morgan fingerprint density at radius 1 is 1.56 bits per heavy atom. The van der Waals surface area contributed by atoms with E-state index in [1.807, 2.05) is 0 Å². The maximum Gasteiger partial charge on any atom is 0.250 e. The zero-order chi connectivity index (χ0) is 7.49. The molecule has 0 radical (unpaired) electrons. The molecule has 0 saturated carbocycles. The lowest BCUT2D eigenvalue weighted by Crippen LogP contribution is -2.37. The number of carbonyl (C=O) groups excluding carboxylic acids is 1. The molecule has 7 heteroatoms. The summed E-state index contributed by atoms with van der Waals surface area (Å²) >= 11 is 0. The lowest BCUT2D eigenvalue weighted by Gasteiger charge is -1.94. The van der Waals surface area contributed by atoms with Gasteiger partial charge in [-0.1, -0.05) is 0 Å². The van der Waals surface area contributed by atoms with E-state index in [1.54, 1.807) is 5.43 Å². The van der Waals surface area contributed by atoms with Crippen molar-refractivity contribution in [1.29, 1.82) is 0 Å². The van der Waals surface area contributed by atoms with Gasteiger partial charge in [0.15, 0.2) is 0 Å². The van der Waals surface area contributed by atoms with Gasteiger partial charge >= 0.3 is 0 Å². The molecule has 9 heavy (non-hydrogen) atoms. The van der Waals surface area contributed by atoms with Crippen LogP contribution in [0.15, 0.2) is 0 Å². The molecule has 0 atom stereocenters. The average molecular weight is 153 g/mol. The minimum Gasteiger partial charge on any atom is -0.293 e. The summed E-state index contributed by atoms with van der Waals surface area (Å²) < 4.78 is 20.1. The van der Waals surface area contributed by atoms with Crippen molar-refractivity contribution < 1.29 is 13.2 Å². The van der Waals surface area contributed by atoms with E-state index in [0.717, 1.165) is 0 Å². The predicted octanol–water partition coefficient (Wildman–Crippen LogP) is -2.74. The molecule has 0 aromatic heterocycles. The maximum atomic E-state index is 10.1. The fraction of sp³-hybridized carbons (Fsp3) is 0.500. The molecule has 0 aliphatic carbocycles. The molecule has 0 aromatic rings. The molecule has 0 bridgehead atoms. The molecule has 0 aromatic carbocycles. The molecular weight excluding hydrogens is 146 g/mol. The minimum atomic E-state index is -3.73. The number of nitrogens with one attached hydrogen (secondary N) is 1. The number of amides is 1. The summed E-state index contributed by atoms with van der Waals surface area (Å²) in [5.74, 6) is 2.96. The van der Waals surface area contributed by atoms with E-state index >= 15 is 0 Å². The number of sulfonamides is 1. The second kappa shape index (κ2) is 2.76. The Labute approximate surface area is 52.2 Å². The fourth-order valence-corrected chi connectivity index (χ4v) is 0.673. The van der Waals surface area contributed by atoms with Crippen molar-refractivity contribution >= 4 is 15.9 Å². The van der Waals surface area contributed by atoms with Crippen LogP contribution in [0.3, 0.4) is 0 Å². The van der Waals surface area contributed by atoms with Gasteiger partial charge in [0.2, 0.25) is 15.9 Å². The highest BCUT2D eigenvalue weighted by molar-refractivity contribution is 7.89. The molecule has 54 valence electrons. The van der Waals surface area contributed by atoms with Crippen molar-refractivity contribution in [2.24, 2.45) is 11.0 Å². The van der Waals surface area contributed by atoms with Gasteiger partial charge in [0, 0.05) is 0 Å². The van der Waals surface area contributed by atoms with Gasteiger partial charge in [-0.3, -0.25) is 10.2 Å². The number of hydrogen-bond donors (Lipinski definition) is 3. The SMILES string of the molecule is NNC(=O)CS(N)(=O)=O. The van der Waals surface area contributed by atoms with Gasteiger partial charge in [0.25, 0.3) is 0 Å². The Balaban J connectivity index is 3.91. The van der Waals surface area contributed by atoms with Crippen molar-refractivity contribution in [3.63, 3.8) is 0 Å². The van der Waals surface area contributed by atoms with E-state index in [0.29, 0.717) is 0 Å². The van der Waals surface area contributed by atoms with Crippen molar-refractivity contribution in [2.45, 2.75) is 0 Å². The number of primary sulfonamides is 1. The Hall–Kier alpha value is -0.660. The van der Waals surface area contributed by atoms with Crippen molar-refractivity contribution in [1.82, 2.24) is 5.43 Å². The van der Waals surface area contributed by atoms with E-state index in [4.69, 9.17) is 0 Å². The molecule has 0 aliphatic heterocycles. The monoisotopic (exact) mass is 153 g/mol. The molecule has 0 spiro atoms. The number of hydrazine groups is 1. The molecule has 0 unspecified atom stereocenters. The van der Waals surface area contributed by atoms with Crippen LogP contribution in [-0.4, -0.2) is 20.1 Å². The van der Waals surface area contributed by atoms with Crippen molar-refractivity contribution in [3.05, 3.63) is 0 Å². The summed E-state index contributed by atoms with van der Waals surface area (Å²) in [4.78, 5) is 10.1. The van der Waals surface area contributed by atoms with E-state index in [9.17, 15) is 13.2 Å². The molecule has 0 aliphatic rings. The summed E-state index contributed by atoms with van der Waals surface area (Å²) in [5, 5.41) is 4.47. The van der Waals surface area contributed by atoms with Crippen LogP contribution in [0.25, 0.3) is 0 Å². The van der Waals surface area contributed by atoms with Crippen LogP contribution in [0.4, 0.5) is 0 Å². The quantitative estimate of drug-likeness (QED) is 0.227. The highest BCUT2D eigenvalue weighted by atomic mass is 32.2. The second-order valence-electron chi connectivity index (χ2n) is 1.37. The van der Waals surface area contributed by atoms with Gasteiger partial charge < -0.3 is 0 Å². The van der Waals surface area contributed by atoms with Crippen molar-refractivity contribution in [2.75, 3.05) is 5.75 Å². The standard InChI is InChI=1S/C2H7N3O3S/c3-5-2(6)1-9(4,7)8/h1,3H2,(H,5,6)(H2,4,7,8). The first-order valence-electron chi connectivity index (χ1n) is 1.95. The second-order valence-corrected chi connectivity index (χ2v) is 2.99. The summed E-state index contributed by atoms with van der Waals surface area (Å²) in [5.41, 5.74) is 1.62. The maximum absolute atomic E-state index is 10.1. The first-order chi connectivity index (χ1) is 3.95. The van der Waals surface area contributed by atoms with Crippen LogP contribution in [0.2, 0.25) is 0 Å². The largest absolute Gasteiger partial charge is 0.293 e. The first-order valence-corrected chi connectivity index (χ1v) is 3.67. The normalized spacial score (nSPS) is 10.9. The summed E-state index contributed by atoms with van der Waals surface area (Å²) in [6.07, 6.45) is 0. The first kappa shape index (κ1) is 8.34. The summed E-state index contributed by atoms with van der Waals surface area (Å²) in [7, 11) is -3.73. The Bertz CT molecular complexity index is 195. The smallest absolute Gasteiger partial charge is 0.250 e. The molecular formula is C2H7N3O3S. The van der Waals surface area contributed by atoms with E-state index in [2.05, 4.69) is 11.0 Å². The fourth-order valence-electron chi connectivity index (χ4n) is 0.224. The molecule has 5 N–H and O–H groups in total. The molecule has 0 heterocycles. The van der Waals surface area contributed by atoms with Gasteiger partial charge in [0.1, 0.15) is 5.75 Å². The third-order valence-corrected chi connectivity index (χ3v) is 1.16. The van der Waals surface area contributed by atoms with E-state index < -0.39 is 21.7 Å². The Kier molecular flexibility index (Phi) is 2.56. The molecule has 1 amide bonds. The number of hydrogen-bond acceptors (Lipinski definition) is 4. The highest BCUT2D eigenvalue weighted by Crippen LogP contribution is 1.73. The highest BCUT2D eigenvalue weighted by Gasteiger charge is 2.08. The van der Waals surface area contributed by atoms with Crippen LogP contribution in [0.5, 0.6) is 0 Å². The summed E-state index contributed by atoms with van der Waals surface area (Å²) in [6, 6.07) is 0. The van der Waals surface area contributed by atoms with Crippen molar-refractivity contribution in [3.8, 4) is 0 Å². The zero-order valence-corrected chi connectivity index (χ0v) is 5.31. The van der Waals surface area contributed by atoms with Crippen LogP contribution in [-0.2, 0) is 14.8 Å². The van der Waals surface area contributed by atoms with Gasteiger partial charge in [0.05, 0.1) is 0 Å². The van der Waals surface area contributed by atoms with Gasteiger partial charge in [-0.15, -0.1) is 0 Å². The zero-order valence-electron chi connectivity index (χ0n) is 4.49. The molecule has 0 fully saturated rings. The van der Waals surface area contributed by atoms with Crippen LogP contribution in [0, 0.1) is 0 Å². The van der Waals surface area contributed by atoms with Crippen LogP contribution >= 0.6 is 0 Å². The summed E-state index contributed by atoms with van der Waals surface area (Å²) in [6.45, 7) is 0. The van der Waals surface area contributed by atoms with E-state index in [-0.39, 0.29) is 0 Å². The lowest BCUT2D eigenvalue weighted by atomic mass is 10.8. The number of carbonyl (C=O) groups is 1. The predicted molar refractivity (Wildman–Crippen MR) is 30.3 cm³/mol. The molecule has 0 rings (SSSR count). The van der Waals surface area contributed by atoms with Gasteiger partial charge in [-0.05, 0) is 0 Å². The topological polar surface area (TPSA) is 115 Å². The average Bonchev–Trinajstić information content (AvgIpc) is 1.62.